The molecule has 1 fully saturated rings. The largest absolute Gasteiger partial charge is 0.394 e. The zero-order valence-corrected chi connectivity index (χ0v) is 10.8. The molecule has 1 heterocycles. The first-order valence-corrected chi connectivity index (χ1v) is 5.93. The molecule has 1 amide bonds. The summed E-state index contributed by atoms with van der Waals surface area (Å²) in [6, 6.07) is -1.43. The number of nitrogens with one attached hydrogen (secondary N) is 1. The minimum absolute atomic E-state index is 0.643. The number of amides is 1. The minimum atomic E-state index is -2.66. The van der Waals surface area contributed by atoms with Gasteiger partial charge in [0.1, 0.15) is 24.4 Å². The summed E-state index contributed by atoms with van der Waals surface area (Å²) in [4.78, 5) is 11.1. The fraction of sp³-hybridized carbons (Fsp3) is 0.818. The van der Waals surface area contributed by atoms with Gasteiger partial charge in [-0.05, 0) is 0 Å². The highest BCUT2D eigenvalue weighted by atomic mass is 19.1. The topological polar surface area (TPSA) is 139 Å². The van der Waals surface area contributed by atoms with E-state index < -0.39 is 54.9 Å². The summed E-state index contributed by atoms with van der Waals surface area (Å²) in [5.41, 5.74) is 0. The predicted octanol–water partition coefficient (Wildman–Crippen LogP) is -3.17. The second-order valence-corrected chi connectivity index (χ2v) is 4.79. The molecule has 1 rings (SSSR count). The standard InChI is InChI=1S/C11H19FNO7/c1-4(15)13-6-8(18)10(12)11(2,19)20-9(6)7(17)5(16)3-14/h5-10,14,16-19H,2-3H2,1H3,(H,13,15)/t5-,6-,7-,8-,9-,10?,11-/m1/s1. The summed E-state index contributed by atoms with van der Waals surface area (Å²) in [7, 11) is 0. The summed E-state index contributed by atoms with van der Waals surface area (Å²) in [5.74, 6) is -3.30. The van der Waals surface area contributed by atoms with E-state index in [0.717, 1.165) is 6.92 Å². The summed E-state index contributed by atoms with van der Waals surface area (Å²) in [6.45, 7) is 3.28. The molecule has 1 unspecified atom stereocenters. The van der Waals surface area contributed by atoms with Crippen molar-refractivity contribution >= 4 is 5.91 Å². The fourth-order valence-electron chi connectivity index (χ4n) is 2.03. The predicted molar refractivity (Wildman–Crippen MR) is 62.8 cm³/mol. The Morgan fingerprint density at radius 1 is 1.55 bits per heavy atom. The lowest BCUT2D eigenvalue weighted by Crippen LogP contribution is -2.69. The first-order valence-electron chi connectivity index (χ1n) is 5.93. The van der Waals surface area contributed by atoms with Crippen molar-refractivity contribution in [1.82, 2.24) is 5.32 Å². The molecule has 1 aliphatic rings. The number of aliphatic hydroxyl groups is 5. The number of hydrogen-bond acceptors (Lipinski definition) is 7. The van der Waals surface area contributed by atoms with Crippen LogP contribution in [0.4, 0.5) is 4.39 Å². The van der Waals surface area contributed by atoms with E-state index in [9.17, 15) is 29.6 Å². The lowest BCUT2D eigenvalue weighted by atomic mass is 9.88. The Morgan fingerprint density at radius 3 is 2.55 bits per heavy atom. The molecule has 7 atom stereocenters. The van der Waals surface area contributed by atoms with E-state index >= 15 is 0 Å². The highest BCUT2D eigenvalue weighted by Gasteiger charge is 2.54. The molecule has 0 saturated carbocycles. The summed E-state index contributed by atoms with van der Waals surface area (Å²) < 4.78 is 18.6. The van der Waals surface area contributed by atoms with Gasteiger partial charge in [-0.15, -0.1) is 0 Å². The molecular formula is C11H19FNO7. The molecule has 117 valence electrons. The Morgan fingerprint density at radius 2 is 2.10 bits per heavy atom. The minimum Gasteiger partial charge on any atom is -0.394 e. The second kappa shape index (κ2) is 6.29. The lowest BCUT2D eigenvalue weighted by molar-refractivity contribution is -0.308. The third kappa shape index (κ3) is 3.43. The van der Waals surface area contributed by atoms with Gasteiger partial charge >= 0.3 is 0 Å². The fourth-order valence-corrected chi connectivity index (χ4v) is 2.03. The van der Waals surface area contributed by atoms with Crippen LogP contribution >= 0.6 is 0 Å². The zero-order chi connectivity index (χ0) is 15.7. The van der Waals surface area contributed by atoms with E-state index in [1.807, 2.05) is 0 Å². The molecule has 1 radical (unpaired) electrons. The third-order valence-corrected chi connectivity index (χ3v) is 3.08. The Kier molecular flexibility index (Phi) is 5.41. The van der Waals surface area contributed by atoms with Crippen molar-refractivity contribution in [2.75, 3.05) is 6.61 Å². The molecule has 20 heavy (non-hydrogen) atoms. The van der Waals surface area contributed by atoms with E-state index in [1.54, 1.807) is 0 Å². The van der Waals surface area contributed by atoms with Crippen LogP contribution in [0.25, 0.3) is 0 Å². The Labute approximate surface area is 114 Å². The maximum absolute atomic E-state index is 13.7. The molecular weight excluding hydrogens is 277 g/mol. The monoisotopic (exact) mass is 296 g/mol. The van der Waals surface area contributed by atoms with Crippen LogP contribution in [0.5, 0.6) is 0 Å². The normalized spacial score (nSPS) is 41.0. The molecule has 0 aromatic heterocycles. The van der Waals surface area contributed by atoms with Gasteiger partial charge in [-0.2, -0.15) is 0 Å². The Bertz CT molecular complexity index is 354. The second-order valence-electron chi connectivity index (χ2n) is 4.79. The van der Waals surface area contributed by atoms with Crippen LogP contribution < -0.4 is 5.32 Å². The number of halogens is 1. The van der Waals surface area contributed by atoms with Gasteiger partial charge in [0, 0.05) is 13.8 Å². The molecule has 1 saturated heterocycles. The number of aliphatic hydroxyl groups excluding tert-OH is 4. The van der Waals surface area contributed by atoms with Crippen LogP contribution in [0.2, 0.25) is 0 Å². The molecule has 0 aromatic rings. The maximum Gasteiger partial charge on any atom is 0.217 e. The average molecular weight is 296 g/mol. The van der Waals surface area contributed by atoms with Crippen LogP contribution in [0.1, 0.15) is 6.92 Å². The Hall–Kier alpha value is -0.840. The molecule has 1 aliphatic heterocycles. The van der Waals surface area contributed by atoms with Crippen LogP contribution in [-0.2, 0) is 9.53 Å². The van der Waals surface area contributed by atoms with Crippen LogP contribution in [-0.4, -0.2) is 80.5 Å². The summed E-state index contributed by atoms with van der Waals surface area (Å²) in [5, 5.41) is 49.5. The van der Waals surface area contributed by atoms with E-state index in [0.29, 0.717) is 0 Å². The number of carbonyl (C=O) groups excluding carboxylic acids is 1. The lowest BCUT2D eigenvalue weighted by Gasteiger charge is -2.46. The molecule has 0 spiro atoms. The molecule has 0 aliphatic carbocycles. The van der Waals surface area contributed by atoms with Gasteiger partial charge in [0.2, 0.25) is 11.7 Å². The summed E-state index contributed by atoms with van der Waals surface area (Å²) >= 11 is 0. The maximum atomic E-state index is 13.7. The van der Waals surface area contributed by atoms with Gasteiger partial charge in [0.05, 0.1) is 12.6 Å². The van der Waals surface area contributed by atoms with Crippen molar-refractivity contribution in [3.05, 3.63) is 6.92 Å². The van der Waals surface area contributed by atoms with Crippen LogP contribution in [0.3, 0.4) is 0 Å². The smallest absolute Gasteiger partial charge is 0.217 e. The van der Waals surface area contributed by atoms with Gasteiger partial charge in [0.25, 0.3) is 0 Å². The number of hydrogen-bond donors (Lipinski definition) is 6. The first kappa shape index (κ1) is 17.2. The number of carbonyl (C=O) groups is 1. The first-order chi connectivity index (χ1) is 9.11. The third-order valence-electron chi connectivity index (χ3n) is 3.08. The van der Waals surface area contributed by atoms with Crippen molar-refractivity contribution in [1.29, 1.82) is 0 Å². The van der Waals surface area contributed by atoms with Crippen LogP contribution in [0.15, 0.2) is 0 Å². The molecule has 0 aromatic carbocycles. The number of ether oxygens (including phenoxy) is 1. The van der Waals surface area contributed by atoms with Crippen molar-refractivity contribution in [2.45, 2.75) is 49.3 Å². The van der Waals surface area contributed by atoms with E-state index in [2.05, 4.69) is 12.2 Å². The van der Waals surface area contributed by atoms with Gasteiger partial charge in [-0.25, -0.2) is 4.39 Å². The molecule has 0 bridgehead atoms. The van der Waals surface area contributed by atoms with E-state index in [-0.39, 0.29) is 0 Å². The van der Waals surface area contributed by atoms with E-state index in [1.165, 1.54) is 0 Å². The van der Waals surface area contributed by atoms with Crippen LogP contribution in [0, 0.1) is 6.92 Å². The van der Waals surface area contributed by atoms with Gasteiger partial charge in [-0.3, -0.25) is 4.79 Å². The molecule has 6 N–H and O–H groups in total. The van der Waals surface area contributed by atoms with Crippen molar-refractivity contribution in [3.8, 4) is 0 Å². The SMILES string of the molecule is [CH2][C@@]1(O)O[C@@H]([C@H](O)[C@H](O)CO)[C@H](NC(C)=O)[C@@H](O)C1F. The zero-order valence-electron chi connectivity index (χ0n) is 10.8. The Balaban J connectivity index is 3.04. The highest BCUT2D eigenvalue weighted by molar-refractivity contribution is 5.73. The molecule has 8 nitrogen and oxygen atoms in total. The highest BCUT2D eigenvalue weighted by Crippen LogP contribution is 2.31. The van der Waals surface area contributed by atoms with Gasteiger partial charge in [0.15, 0.2) is 6.17 Å². The van der Waals surface area contributed by atoms with Gasteiger partial charge in [-0.1, -0.05) is 0 Å². The van der Waals surface area contributed by atoms with Crippen molar-refractivity contribution in [2.24, 2.45) is 0 Å². The van der Waals surface area contributed by atoms with E-state index in [4.69, 9.17) is 9.84 Å². The quantitative estimate of drug-likeness (QED) is 0.321. The van der Waals surface area contributed by atoms with Gasteiger partial charge < -0.3 is 35.6 Å². The number of alkyl halides is 1. The summed E-state index contributed by atoms with van der Waals surface area (Å²) in [6.07, 6.45) is -9.27. The molecule has 9 heteroatoms. The number of rotatable bonds is 4. The van der Waals surface area contributed by atoms with Crippen molar-refractivity contribution in [3.63, 3.8) is 0 Å². The average Bonchev–Trinajstić information content (AvgIpc) is 2.37. The van der Waals surface area contributed by atoms with Crippen molar-refractivity contribution < 1.29 is 39.5 Å².